The molecule has 1 aromatic carbocycles. The lowest BCUT2D eigenvalue weighted by Crippen LogP contribution is -2.30. The van der Waals surface area contributed by atoms with Crippen molar-refractivity contribution in [3.8, 4) is 0 Å². The predicted octanol–water partition coefficient (Wildman–Crippen LogP) is 2.90. The second kappa shape index (κ2) is 6.42. The summed E-state index contributed by atoms with van der Waals surface area (Å²) in [4.78, 5) is 2.36. The van der Waals surface area contributed by atoms with E-state index in [4.69, 9.17) is 13.9 Å². The quantitative estimate of drug-likeness (QED) is 0.851. The molecule has 0 bridgehead atoms. The van der Waals surface area contributed by atoms with Crippen LogP contribution in [0.2, 0.25) is 0 Å². The van der Waals surface area contributed by atoms with Crippen molar-refractivity contribution in [3.63, 3.8) is 0 Å². The van der Waals surface area contributed by atoms with Crippen molar-refractivity contribution in [2.75, 3.05) is 31.8 Å². The SMILES string of the molecule is COC1(c2nnc(CN3CCCc4ccc(C)c(C)c43)o2)CCOC1. The van der Waals surface area contributed by atoms with Crippen molar-refractivity contribution >= 4 is 5.69 Å². The monoisotopic (exact) mass is 343 g/mol. The van der Waals surface area contributed by atoms with Crippen molar-refractivity contribution in [2.24, 2.45) is 0 Å². The number of rotatable bonds is 4. The molecule has 2 aromatic rings. The molecule has 134 valence electrons. The van der Waals surface area contributed by atoms with E-state index < -0.39 is 5.60 Å². The number of aromatic nitrogens is 2. The van der Waals surface area contributed by atoms with Crippen LogP contribution in [0.4, 0.5) is 5.69 Å². The highest BCUT2D eigenvalue weighted by Gasteiger charge is 2.42. The Morgan fingerprint density at radius 3 is 2.92 bits per heavy atom. The molecule has 1 saturated heterocycles. The van der Waals surface area contributed by atoms with Crippen LogP contribution < -0.4 is 4.90 Å². The van der Waals surface area contributed by atoms with Gasteiger partial charge in [-0.1, -0.05) is 12.1 Å². The van der Waals surface area contributed by atoms with Gasteiger partial charge in [0.05, 0.1) is 19.8 Å². The first kappa shape index (κ1) is 16.5. The second-order valence-corrected chi connectivity index (χ2v) is 7.04. The maximum Gasteiger partial charge on any atom is 0.250 e. The summed E-state index contributed by atoms with van der Waals surface area (Å²) in [7, 11) is 1.67. The highest BCUT2D eigenvalue weighted by molar-refractivity contribution is 5.63. The van der Waals surface area contributed by atoms with E-state index >= 15 is 0 Å². The molecule has 6 nitrogen and oxygen atoms in total. The zero-order valence-electron chi connectivity index (χ0n) is 15.2. The lowest BCUT2D eigenvalue weighted by atomic mass is 9.95. The van der Waals surface area contributed by atoms with Gasteiger partial charge < -0.3 is 18.8 Å². The Bertz CT molecular complexity index is 765. The van der Waals surface area contributed by atoms with Crippen LogP contribution in [0.3, 0.4) is 0 Å². The Morgan fingerprint density at radius 1 is 1.28 bits per heavy atom. The maximum atomic E-state index is 5.98. The number of ether oxygens (including phenoxy) is 2. The molecule has 1 unspecified atom stereocenters. The topological polar surface area (TPSA) is 60.6 Å². The lowest BCUT2D eigenvalue weighted by molar-refractivity contribution is -0.0416. The number of hydrogen-bond acceptors (Lipinski definition) is 6. The van der Waals surface area contributed by atoms with E-state index in [1.165, 1.54) is 22.4 Å². The van der Waals surface area contributed by atoms with Crippen molar-refractivity contribution in [1.82, 2.24) is 10.2 Å². The van der Waals surface area contributed by atoms with Gasteiger partial charge in [0.2, 0.25) is 5.89 Å². The van der Waals surface area contributed by atoms with Gasteiger partial charge >= 0.3 is 0 Å². The molecule has 2 aliphatic rings. The third kappa shape index (κ3) is 2.83. The zero-order chi connectivity index (χ0) is 17.4. The third-order valence-corrected chi connectivity index (χ3v) is 5.53. The molecular formula is C19H25N3O3. The number of hydrogen-bond donors (Lipinski definition) is 0. The molecule has 6 heteroatoms. The summed E-state index contributed by atoms with van der Waals surface area (Å²) in [5.74, 6) is 1.16. The summed E-state index contributed by atoms with van der Waals surface area (Å²) >= 11 is 0. The molecular weight excluding hydrogens is 318 g/mol. The van der Waals surface area contributed by atoms with Gasteiger partial charge in [-0.3, -0.25) is 0 Å². The van der Waals surface area contributed by atoms with E-state index in [1.54, 1.807) is 7.11 Å². The minimum absolute atomic E-state index is 0.468. The summed E-state index contributed by atoms with van der Waals surface area (Å²) in [6.07, 6.45) is 3.02. The molecule has 2 aliphatic heterocycles. The Balaban J connectivity index is 1.60. The van der Waals surface area contributed by atoms with Crippen LogP contribution >= 0.6 is 0 Å². The molecule has 0 saturated carbocycles. The van der Waals surface area contributed by atoms with Crippen molar-refractivity contribution < 1.29 is 13.9 Å². The minimum atomic E-state index is -0.586. The van der Waals surface area contributed by atoms with Crippen LogP contribution in [0.15, 0.2) is 16.5 Å². The average molecular weight is 343 g/mol. The van der Waals surface area contributed by atoms with E-state index in [2.05, 4.69) is 41.1 Å². The van der Waals surface area contributed by atoms with E-state index in [-0.39, 0.29) is 0 Å². The Morgan fingerprint density at radius 2 is 2.16 bits per heavy atom. The van der Waals surface area contributed by atoms with Gasteiger partial charge in [-0.05, 0) is 43.4 Å². The highest BCUT2D eigenvalue weighted by Crippen LogP contribution is 2.35. The number of aryl methyl sites for hydroxylation is 2. The Hall–Kier alpha value is -1.92. The van der Waals surface area contributed by atoms with Crippen LogP contribution in [-0.2, 0) is 28.0 Å². The summed E-state index contributed by atoms with van der Waals surface area (Å²) in [6, 6.07) is 4.46. The molecule has 1 atom stereocenters. The normalized spacial score (nSPS) is 23.1. The first-order valence-corrected chi connectivity index (χ1v) is 8.93. The molecule has 1 fully saturated rings. The van der Waals surface area contributed by atoms with Gasteiger partial charge in [0, 0.05) is 25.8 Å². The number of nitrogens with zero attached hydrogens (tertiary/aromatic N) is 3. The smallest absolute Gasteiger partial charge is 0.250 e. The van der Waals surface area contributed by atoms with Crippen LogP contribution in [0.5, 0.6) is 0 Å². The first-order valence-electron chi connectivity index (χ1n) is 8.93. The standard InChI is InChI=1S/C19H25N3O3/c1-13-6-7-15-5-4-9-22(17(15)14(13)2)11-16-20-21-18(25-16)19(23-3)8-10-24-12-19/h6-7H,4-5,8-12H2,1-3H3. The number of benzene rings is 1. The summed E-state index contributed by atoms with van der Waals surface area (Å²) in [5, 5.41) is 8.53. The van der Waals surface area contributed by atoms with E-state index in [1.807, 2.05) is 0 Å². The third-order valence-electron chi connectivity index (χ3n) is 5.53. The van der Waals surface area contributed by atoms with Crippen molar-refractivity contribution in [3.05, 3.63) is 40.6 Å². The number of anilines is 1. The van der Waals surface area contributed by atoms with Gasteiger partial charge in [0.1, 0.15) is 0 Å². The van der Waals surface area contributed by atoms with E-state index in [0.29, 0.717) is 31.5 Å². The fraction of sp³-hybridized carbons (Fsp3) is 0.579. The van der Waals surface area contributed by atoms with Gasteiger partial charge in [-0.25, -0.2) is 0 Å². The molecule has 0 N–H and O–H groups in total. The predicted molar refractivity (Wildman–Crippen MR) is 93.7 cm³/mol. The fourth-order valence-corrected chi connectivity index (χ4v) is 3.86. The maximum absolute atomic E-state index is 5.98. The zero-order valence-corrected chi connectivity index (χ0v) is 15.2. The van der Waals surface area contributed by atoms with Crippen LogP contribution in [-0.4, -0.2) is 37.1 Å². The highest BCUT2D eigenvalue weighted by atomic mass is 16.6. The van der Waals surface area contributed by atoms with Crippen LogP contribution in [0, 0.1) is 13.8 Å². The van der Waals surface area contributed by atoms with Crippen molar-refractivity contribution in [2.45, 2.75) is 45.3 Å². The molecule has 1 aromatic heterocycles. The molecule has 0 aliphatic carbocycles. The van der Waals surface area contributed by atoms with E-state index in [9.17, 15) is 0 Å². The first-order chi connectivity index (χ1) is 12.1. The van der Waals surface area contributed by atoms with Gasteiger partial charge in [-0.15, -0.1) is 10.2 Å². The largest absolute Gasteiger partial charge is 0.420 e. The van der Waals surface area contributed by atoms with E-state index in [0.717, 1.165) is 25.8 Å². The molecule has 0 spiro atoms. The molecule has 4 rings (SSSR count). The summed E-state index contributed by atoms with van der Waals surface area (Å²) in [5.41, 5.74) is 4.81. The van der Waals surface area contributed by atoms with Gasteiger partial charge in [-0.2, -0.15) is 0 Å². The Labute approximate surface area is 148 Å². The molecule has 3 heterocycles. The van der Waals surface area contributed by atoms with Gasteiger partial charge in [0.25, 0.3) is 5.89 Å². The van der Waals surface area contributed by atoms with Gasteiger partial charge in [0.15, 0.2) is 5.60 Å². The van der Waals surface area contributed by atoms with Crippen LogP contribution in [0.1, 0.15) is 41.3 Å². The van der Waals surface area contributed by atoms with Crippen LogP contribution in [0.25, 0.3) is 0 Å². The minimum Gasteiger partial charge on any atom is -0.420 e. The summed E-state index contributed by atoms with van der Waals surface area (Å²) < 4.78 is 17.1. The molecule has 25 heavy (non-hydrogen) atoms. The molecule has 0 radical (unpaired) electrons. The molecule has 0 amide bonds. The average Bonchev–Trinajstić information content (AvgIpc) is 3.28. The summed E-state index contributed by atoms with van der Waals surface area (Å²) in [6.45, 7) is 7.12. The van der Waals surface area contributed by atoms with Crippen molar-refractivity contribution in [1.29, 1.82) is 0 Å². The Kier molecular flexibility index (Phi) is 4.25. The second-order valence-electron chi connectivity index (χ2n) is 7.04. The fourth-order valence-electron chi connectivity index (χ4n) is 3.86. The lowest BCUT2D eigenvalue weighted by Gasteiger charge is -2.32. The number of fused-ring (bicyclic) bond motifs is 1. The number of methoxy groups -OCH3 is 1.